The second-order valence-corrected chi connectivity index (χ2v) is 6.22. The maximum absolute atomic E-state index is 12.5. The van der Waals surface area contributed by atoms with Gasteiger partial charge in [0.05, 0.1) is 19.6 Å². The molecule has 0 saturated heterocycles. The molecule has 4 aromatic rings. The van der Waals surface area contributed by atoms with E-state index in [1.807, 2.05) is 30.3 Å². The summed E-state index contributed by atoms with van der Waals surface area (Å²) in [7, 11) is 1.49. The lowest BCUT2D eigenvalue weighted by Gasteiger charge is -2.07. The first-order valence-corrected chi connectivity index (χ1v) is 8.66. The van der Waals surface area contributed by atoms with E-state index in [9.17, 15) is 9.59 Å². The molecule has 2 aromatic carbocycles. The van der Waals surface area contributed by atoms with Crippen molar-refractivity contribution in [2.75, 3.05) is 7.11 Å². The molecule has 1 amide bonds. The fourth-order valence-corrected chi connectivity index (χ4v) is 2.96. The average molecular weight is 375 g/mol. The van der Waals surface area contributed by atoms with Gasteiger partial charge in [-0.1, -0.05) is 36.4 Å². The van der Waals surface area contributed by atoms with Gasteiger partial charge in [0, 0.05) is 17.5 Å². The van der Waals surface area contributed by atoms with Crippen LogP contribution in [0.15, 0.2) is 80.8 Å². The van der Waals surface area contributed by atoms with Crippen molar-refractivity contribution in [1.29, 1.82) is 0 Å². The minimum Gasteiger partial charge on any atom is -0.493 e. The maximum atomic E-state index is 12.5. The third-order valence-electron chi connectivity index (χ3n) is 4.45. The zero-order valence-electron chi connectivity index (χ0n) is 15.1. The molecule has 0 aliphatic carbocycles. The molecule has 2 aromatic heterocycles. The van der Waals surface area contributed by atoms with Crippen LogP contribution >= 0.6 is 0 Å². The van der Waals surface area contributed by atoms with E-state index in [0.29, 0.717) is 23.3 Å². The summed E-state index contributed by atoms with van der Waals surface area (Å²) in [5.74, 6) is -0.0448. The van der Waals surface area contributed by atoms with E-state index < -0.39 is 11.5 Å². The molecule has 0 radical (unpaired) electrons. The van der Waals surface area contributed by atoms with Gasteiger partial charge in [0.2, 0.25) is 0 Å². The van der Waals surface area contributed by atoms with Gasteiger partial charge in [0.25, 0.3) is 5.91 Å². The second kappa shape index (κ2) is 7.44. The van der Waals surface area contributed by atoms with E-state index in [1.165, 1.54) is 13.2 Å². The minimum atomic E-state index is -0.704. The highest BCUT2D eigenvalue weighted by molar-refractivity contribution is 5.97. The van der Waals surface area contributed by atoms with E-state index in [1.54, 1.807) is 30.7 Å². The number of rotatable bonds is 5. The Morgan fingerprint density at radius 1 is 1.07 bits per heavy atom. The molecule has 28 heavy (non-hydrogen) atoms. The summed E-state index contributed by atoms with van der Waals surface area (Å²) in [5, 5.41) is 3.37. The standard InChI is InChI=1S/C22H17NO5/c1-26-19-4-2-3-16-11-18(22(25)28-20(16)19)21(24)23-12-14-5-7-15(8-6-14)17-9-10-27-13-17/h2-11,13H,12H2,1H3,(H,23,24). The fourth-order valence-electron chi connectivity index (χ4n) is 2.96. The normalized spacial score (nSPS) is 10.8. The first kappa shape index (κ1) is 17.6. The van der Waals surface area contributed by atoms with Gasteiger partial charge in [0.15, 0.2) is 11.3 Å². The molecule has 4 rings (SSSR count). The monoisotopic (exact) mass is 375 g/mol. The molecule has 140 valence electrons. The van der Waals surface area contributed by atoms with Crippen LogP contribution < -0.4 is 15.7 Å². The number of ether oxygens (including phenoxy) is 1. The topological polar surface area (TPSA) is 81.7 Å². The van der Waals surface area contributed by atoms with Crippen LogP contribution in [0.1, 0.15) is 15.9 Å². The number of hydrogen-bond donors (Lipinski definition) is 1. The molecule has 0 bridgehead atoms. The number of carbonyl (C=O) groups excluding carboxylic acids is 1. The predicted molar refractivity (Wildman–Crippen MR) is 104 cm³/mol. The number of methoxy groups -OCH3 is 1. The Morgan fingerprint density at radius 3 is 2.61 bits per heavy atom. The Balaban J connectivity index is 1.51. The van der Waals surface area contributed by atoms with E-state index in [2.05, 4.69) is 5.32 Å². The van der Waals surface area contributed by atoms with Crippen molar-refractivity contribution in [2.45, 2.75) is 6.54 Å². The van der Waals surface area contributed by atoms with Crippen molar-refractivity contribution < 1.29 is 18.4 Å². The molecule has 0 aliphatic heterocycles. The Kier molecular flexibility index (Phi) is 4.68. The fraction of sp³-hybridized carbons (Fsp3) is 0.0909. The summed E-state index contributed by atoms with van der Waals surface area (Å²) in [4.78, 5) is 24.7. The molecular weight excluding hydrogens is 358 g/mol. The number of hydrogen-bond acceptors (Lipinski definition) is 5. The van der Waals surface area contributed by atoms with Crippen LogP contribution in [0.3, 0.4) is 0 Å². The highest BCUT2D eigenvalue weighted by Crippen LogP contribution is 2.24. The summed E-state index contributed by atoms with van der Waals surface area (Å²) in [6, 6.07) is 16.3. The third kappa shape index (κ3) is 3.40. The van der Waals surface area contributed by atoms with Crippen LogP contribution in [0.4, 0.5) is 0 Å². The number of nitrogens with one attached hydrogen (secondary N) is 1. The van der Waals surface area contributed by atoms with Gasteiger partial charge >= 0.3 is 5.63 Å². The molecule has 0 aliphatic rings. The van der Waals surface area contributed by atoms with Gasteiger partial charge in [-0.25, -0.2) is 4.79 Å². The average Bonchev–Trinajstić information content (AvgIpc) is 3.26. The van der Waals surface area contributed by atoms with Gasteiger partial charge in [0.1, 0.15) is 5.56 Å². The van der Waals surface area contributed by atoms with Gasteiger partial charge < -0.3 is 18.9 Å². The van der Waals surface area contributed by atoms with Crippen molar-refractivity contribution >= 4 is 16.9 Å². The number of para-hydroxylation sites is 1. The van der Waals surface area contributed by atoms with Crippen molar-refractivity contribution in [3.05, 3.63) is 88.7 Å². The molecule has 6 heteroatoms. The molecule has 0 saturated carbocycles. The lowest BCUT2D eigenvalue weighted by molar-refractivity contribution is 0.0947. The number of benzene rings is 2. The molecule has 2 heterocycles. The number of furan rings is 1. The first-order valence-electron chi connectivity index (χ1n) is 8.66. The Morgan fingerprint density at radius 2 is 1.89 bits per heavy atom. The number of carbonyl (C=O) groups is 1. The summed E-state index contributed by atoms with van der Waals surface area (Å²) >= 11 is 0. The molecule has 0 spiro atoms. The highest BCUT2D eigenvalue weighted by Gasteiger charge is 2.15. The maximum Gasteiger partial charge on any atom is 0.349 e. The van der Waals surface area contributed by atoms with Crippen molar-refractivity contribution in [1.82, 2.24) is 5.32 Å². The van der Waals surface area contributed by atoms with Crippen LogP contribution in [-0.4, -0.2) is 13.0 Å². The lowest BCUT2D eigenvalue weighted by Crippen LogP contribution is -2.27. The molecular formula is C22H17NO5. The first-order chi connectivity index (χ1) is 13.7. The molecule has 0 unspecified atom stereocenters. The van der Waals surface area contributed by atoms with E-state index in [0.717, 1.165) is 16.7 Å². The third-order valence-corrected chi connectivity index (χ3v) is 4.45. The van der Waals surface area contributed by atoms with Gasteiger partial charge in [-0.05, 0) is 29.3 Å². The Bertz CT molecular complexity index is 1170. The van der Waals surface area contributed by atoms with E-state index >= 15 is 0 Å². The number of amides is 1. The van der Waals surface area contributed by atoms with Crippen LogP contribution in [-0.2, 0) is 6.54 Å². The van der Waals surface area contributed by atoms with Crippen molar-refractivity contribution in [3.63, 3.8) is 0 Å². The molecule has 0 atom stereocenters. The van der Waals surface area contributed by atoms with E-state index in [-0.39, 0.29) is 5.56 Å². The Hall–Kier alpha value is -3.80. The zero-order chi connectivity index (χ0) is 19.5. The van der Waals surface area contributed by atoms with Gasteiger partial charge in [-0.2, -0.15) is 0 Å². The smallest absolute Gasteiger partial charge is 0.349 e. The van der Waals surface area contributed by atoms with Crippen molar-refractivity contribution in [2.24, 2.45) is 0 Å². The number of fused-ring (bicyclic) bond motifs is 1. The van der Waals surface area contributed by atoms with Crippen molar-refractivity contribution in [3.8, 4) is 16.9 Å². The largest absolute Gasteiger partial charge is 0.493 e. The summed E-state index contributed by atoms with van der Waals surface area (Å²) in [6.45, 7) is 0.292. The minimum absolute atomic E-state index is 0.0456. The predicted octanol–water partition coefficient (Wildman–Crippen LogP) is 3.99. The quantitative estimate of drug-likeness (QED) is 0.534. The SMILES string of the molecule is COc1cccc2cc(C(=O)NCc3ccc(-c4ccoc4)cc3)c(=O)oc12. The van der Waals surface area contributed by atoms with Gasteiger partial charge in [-0.3, -0.25) is 4.79 Å². The lowest BCUT2D eigenvalue weighted by atomic mass is 10.1. The summed E-state index contributed by atoms with van der Waals surface area (Å²) < 4.78 is 15.6. The highest BCUT2D eigenvalue weighted by atomic mass is 16.5. The van der Waals surface area contributed by atoms with E-state index in [4.69, 9.17) is 13.6 Å². The summed E-state index contributed by atoms with van der Waals surface area (Å²) in [6.07, 6.45) is 3.29. The van der Waals surface area contributed by atoms with Crippen LogP contribution in [0, 0.1) is 0 Å². The van der Waals surface area contributed by atoms with Gasteiger partial charge in [-0.15, -0.1) is 0 Å². The molecule has 0 fully saturated rings. The molecule has 1 N–H and O–H groups in total. The van der Waals surface area contributed by atoms with Crippen LogP contribution in [0.25, 0.3) is 22.1 Å². The summed E-state index contributed by atoms with van der Waals surface area (Å²) in [5.41, 5.74) is 2.49. The van der Waals surface area contributed by atoms with Crippen LogP contribution in [0.5, 0.6) is 5.75 Å². The second-order valence-electron chi connectivity index (χ2n) is 6.22. The zero-order valence-corrected chi connectivity index (χ0v) is 15.1. The Labute approximate surface area is 160 Å². The van der Waals surface area contributed by atoms with Crippen LogP contribution in [0.2, 0.25) is 0 Å². The molecule has 6 nitrogen and oxygen atoms in total.